The maximum absolute atomic E-state index is 12.7. The molecule has 23 heavy (non-hydrogen) atoms. The third-order valence-corrected chi connectivity index (χ3v) is 3.64. The molecule has 1 heterocycles. The summed E-state index contributed by atoms with van der Waals surface area (Å²) in [5, 5.41) is 9.80. The number of carbonyl (C=O) groups excluding carboxylic acids is 1. The summed E-state index contributed by atoms with van der Waals surface area (Å²) in [7, 11) is 0. The van der Waals surface area contributed by atoms with E-state index in [2.05, 4.69) is 4.98 Å². The molecule has 0 radical (unpaired) electrons. The number of hydrogen-bond donors (Lipinski definition) is 2. The lowest BCUT2D eigenvalue weighted by Crippen LogP contribution is -2.13. The van der Waals surface area contributed by atoms with E-state index < -0.39 is 5.97 Å². The molecule has 0 unspecified atom stereocenters. The Morgan fingerprint density at radius 2 is 2.13 bits per heavy atom. The third-order valence-electron chi connectivity index (χ3n) is 3.64. The molecule has 114 valence electrons. The van der Waals surface area contributed by atoms with Gasteiger partial charge in [0.1, 0.15) is 6.07 Å². The van der Waals surface area contributed by atoms with Crippen LogP contribution in [0.4, 0.5) is 5.69 Å². The summed E-state index contributed by atoms with van der Waals surface area (Å²) < 4.78 is 5.02. The zero-order chi connectivity index (χ0) is 16.6. The van der Waals surface area contributed by atoms with Gasteiger partial charge in [0.2, 0.25) is 0 Å². The largest absolute Gasteiger partial charge is 0.462 e. The van der Waals surface area contributed by atoms with E-state index >= 15 is 0 Å². The number of benzene rings is 2. The lowest BCUT2D eigenvalue weighted by Gasteiger charge is -2.11. The fourth-order valence-corrected chi connectivity index (χ4v) is 2.59. The van der Waals surface area contributed by atoms with Gasteiger partial charge in [-0.05, 0) is 25.1 Å². The van der Waals surface area contributed by atoms with Crippen molar-refractivity contribution in [2.24, 2.45) is 0 Å². The molecular weight excluding hydrogens is 294 g/mol. The van der Waals surface area contributed by atoms with Crippen LogP contribution in [0.1, 0.15) is 22.8 Å². The first kappa shape index (κ1) is 14.6. The Bertz CT molecular complexity index is 1040. The van der Waals surface area contributed by atoms with Gasteiger partial charge in [-0.1, -0.05) is 12.1 Å². The van der Waals surface area contributed by atoms with Gasteiger partial charge >= 0.3 is 5.97 Å². The molecule has 3 aromatic rings. The molecule has 0 bridgehead atoms. The molecule has 0 aliphatic heterocycles. The first-order chi connectivity index (χ1) is 11.1. The Kier molecular flexibility index (Phi) is 3.47. The highest BCUT2D eigenvalue weighted by Gasteiger charge is 2.20. The monoisotopic (exact) mass is 307 g/mol. The fraction of sp³-hybridized carbons (Fsp3) is 0.118. The zero-order valence-corrected chi connectivity index (χ0v) is 12.3. The van der Waals surface area contributed by atoms with Gasteiger partial charge in [-0.15, -0.1) is 0 Å². The smallest absolute Gasteiger partial charge is 0.340 e. The van der Waals surface area contributed by atoms with Gasteiger partial charge in [0.15, 0.2) is 5.43 Å². The number of aromatic nitrogens is 1. The van der Waals surface area contributed by atoms with E-state index in [1.54, 1.807) is 31.2 Å². The number of aromatic amines is 1. The van der Waals surface area contributed by atoms with Crippen LogP contribution in [-0.2, 0) is 4.74 Å². The van der Waals surface area contributed by atoms with Crippen LogP contribution < -0.4 is 11.2 Å². The predicted octanol–water partition coefficient (Wildman–Crippen LogP) is 2.31. The Balaban J connectivity index is 2.54. The number of esters is 1. The molecule has 0 saturated carbocycles. The molecule has 3 rings (SSSR count). The third kappa shape index (κ3) is 2.19. The lowest BCUT2D eigenvalue weighted by molar-refractivity contribution is 0.0528. The van der Waals surface area contributed by atoms with Gasteiger partial charge in [0, 0.05) is 10.9 Å². The van der Waals surface area contributed by atoms with Gasteiger partial charge in [-0.3, -0.25) is 4.79 Å². The Labute approximate surface area is 131 Å². The van der Waals surface area contributed by atoms with Crippen LogP contribution in [0.3, 0.4) is 0 Å². The predicted molar refractivity (Wildman–Crippen MR) is 87.2 cm³/mol. The summed E-state index contributed by atoms with van der Waals surface area (Å²) in [5.74, 6) is -0.611. The minimum absolute atomic E-state index is 0.0579. The molecular formula is C17H13N3O3. The number of para-hydroxylation sites is 1. The van der Waals surface area contributed by atoms with Crippen LogP contribution in [0, 0.1) is 11.3 Å². The molecule has 0 saturated heterocycles. The van der Waals surface area contributed by atoms with Crippen molar-refractivity contribution in [1.82, 2.24) is 4.98 Å². The summed E-state index contributed by atoms with van der Waals surface area (Å²) in [4.78, 5) is 28.0. The van der Waals surface area contributed by atoms with Crippen LogP contribution in [-0.4, -0.2) is 17.6 Å². The maximum Gasteiger partial charge on any atom is 0.340 e. The molecule has 2 aromatic carbocycles. The normalized spacial score (nSPS) is 10.6. The molecule has 6 heteroatoms. The number of nitrogen functional groups attached to an aromatic ring is 1. The molecule has 6 nitrogen and oxygen atoms in total. The highest BCUT2D eigenvalue weighted by molar-refractivity contribution is 6.10. The fourth-order valence-electron chi connectivity index (χ4n) is 2.59. The number of ether oxygens (including phenoxy) is 1. The number of fused-ring (bicyclic) bond motifs is 2. The highest BCUT2D eigenvalue weighted by Crippen LogP contribution is 2.27. The number of H-pyrrole nitrogens is 1. The van der Waals surface area contributed by atoms with Gasteiger partial charge in [0.05, 0.1) is 34.3 Å². The first-order valence-corrected chi connectivity index (χ1v) is 7.03. The number of nitrogens with two attached hydrogens (primary N) is 1. The van der Waals surface area contributed by atoms with Crippen molar-refractivity contribution in [2.75, 3.05) is 12.3 Å². The highest BCUT2D eigenvalue weighted by atomic mass is 16.5. The number of nitrogens with zero attached hydrogens (tertiary/aromatic N) is 1. The molecule has 0 aliphatic carbocycles. The van der Waals surface area contributed by atoms with Crippen LogP contribution in [0.25, 0.3) is 21.8 Å². The van der Waals surface area contributed by atoms with Crippen molar-refractivity contribution in [3.05, 3.63) is 51.7 Å². The van der Waals surface area contributed by atoms with Gasteiger partial charge < -0.3 is 15.5 Å². The SMILES string of the molecule is CCOC(=O)c1cc(C#N)c(N)c2c(=O)c3ccccc3[nH]c12. The second kappa shape index (κ2) is 5.46. The number of pyridine rings is 1. The number of rotatable bonds is 2. The van der Waals surface area contributed by atoms with Crippen LogP contribution in [0.5, 0.6) is 0 Å². The molecule has 3 N–H and O–H groups in total. The van der Waals surface area contributed by atoms with E-state index in [-0.39, 0.29) is 39.8 Å². The first-order valence-electron chi connectivity index (χ1n) is 7.03. The van der Waals surface area contributed by atoms with Crippen molar-refractivity contribution < 1.29 is 9.53 Å². The van der Waals surface area contributed by atoms with Crippen molar-refractivity contribution in [3.63, 3.8) is 0 Å². The summed E-state index contributed by atoms with van der Waals surface area (Å²) in [5.41, 5.74) is 6.76. The maximum atomic E-state index is 12.7. The van der Waals surface area contributed by atoms with E-state index in [0.717, 1.165) is 0 Å². The Hall–Kier alpha value is -3.33. The molecule has 0 amide bonds. The minimum Gasteiger partial charge on any atom is -0.462 e. The summed E-state index contributed by atoms with van der Waals surface area (Å²) in [6, 6.07) is 10.2. The Morgan fingerprint density at radius 3 is 2.83 bits per heavy atom. The van der Waals surface area contributed by atoms with Gasteiger partial charge in [-0.2, -0.15) is 5.26 Å². The number of nitriles is 1. The van der Waals surface area contributed by atoms with Crippen LogP contribution in [0.2, 0.25) is 0 Å². The van der Waals surface area contributed by atoms with Gasteiger partial charge in [0.25, 0.3) is 0 Å². The average molecular weight is 307 g/mol. The minimum atomic E-state index is -0.611. The van der Waals surface area contributed by atoms with E-state index in [0.29, 0.717) is 10.9 Å². The number of hydrogen-bond acceptors (Lipinski definition) is 5. The molecule has 0 fully saturated rings. The van der Waals surface area contributed by atoms with E-state index in [1.165, 1.54) is 6.07 Å². The second-order valence-electron chi connectivity index (χ2n) is 4.97. The van der Waals surface area contributed by atoms with Crippen molar-refractivity contribution >= 4 is 33.5 Å². The molecule has 0 aliphatic rings. The molecule has 0 spiro atoms. The number of carbonyl (C=O) groups is 1. The van der Waals surface area contributed by atoms with Crippen molar-refractivity contribution in [1.29, 1.82) is 5.26 Å². The van der Waals surface area contributed by atoms with E-state index in [4.69, 9.17) is 10.5 Å². The molecule has 0 atom stereocenters. The lowest BCUT2D eigenvalue weighted by atomic mass is 10.0. The summed E-state index contributed by atoms with van der Waals surface area (Å²) in [6.45, 7) is 1.87. The summed E-state index contributed by atoms with van der Waals surface area (Å²) in [6.07, 6.45) is 0. The summed E-state index contributed by atoms with van der Waals surface area (Å²) >= 11 is 0. The number of anilines is 1. The second-order valence-corrected chi connectivity index (χ2v) is 4.97. The molecule has 1 aromatic heterocycles. The quantitative estimate of drug-likeness (QED) is 0.429. The zero-order valence-electron chi connectivity index (χ0n) is 12.3. The standard InChI is InChI=1S/C17H13N3O3/c1-2-23-17(22)11-7-9(8-18)14(19)13-15(11)20-12-6-4-3-5-10(12)16(13)21/h3-7H,2,19H2,1H3,(H,20,21). The topological polar surface area (TPSA) is 109 Å². The van der Waals surface area contributed by atoms with Crippen LogP contribution >= 0.6 is 0 Å². The van der Waals surface area contributed by atoms with Crippen molar-refractivity contribution in [3.8, 4) is 6.07 Å². The van der Waals surface area contributed by atoms with Crippen LogP contribution in [0.15, 0.2) is 35.1 Å². The Morgan fingerprint density at radius 1 is 1.39 bits per heavy atom. The van der Waals surface area contributed by atoms with E-state index in [9.17, 15) is 14.9 Å². The van der Waals surface area contributed by atoms with Gasteiger partial charge in [-0.25, -0.2) is 4.79 Å². The van der Waals surface area contributed by atoms with Crippen molar-refractivity contribution in [2.45, 2.75) is 6.92 Å². The number of nitrogens with one attached hydrogen (secondary N) is 1. The van der Waals surface area contributed by atoms with E-state index in [1.807, 2.05) is 6.07 Å². The average Bonchev–Trinajstić information content (AvgIpc) is 2.55.